The van der Waals surface area contributed by atoms with Crippen LogP contribution in [-0.4, -0.2) is 29.4 Å². The smallest absolute Gasteiger partial charge is 0.285 e. The average Bonchev–Trinajstić information content (AvgIpc) is 3.05. The Kier molecular flexibility index (Phi) is 5.24. The minimum absolute atomic E-state index is 0.0537. The van der Waals surface area contributed by atoms with E-state index in [1.165, 1.54) is 18.2 Å². The van der Waals surface area contributed by atoms with E-state index in [1.807, 2.05) is 0 Å². The summed E-state index contributed by atoms with van der Waals surface area (Å²) in [4.78, 5) is 0.0537. The van der Waals surface area contributed by atoms with Crippen LogP contribution in [0.4, 0.5) is 0 Å². The molecule has 0 saturated heterocycles. The first kappa shape index (κ1) is 17.7. The summed E-state index contributed by atoms with van der Waals surface area (Å²) in [6.07, 6.45) is 3.00. The van der Waals surface area contributed by atoms with Gasteiger partial charge in [0.15, 0.2) is 0 Å². The Morgan fingerprint density at radius 1 is 1.16 bits per heavy atom. The topological polar surface area (TPSA) is 74.1 Å². The minimum atomic E-state index is -3.89. The largest absolute Gasteiger partial charge is 0.492 e. The molecule has 6 nitrogen and oxygen atoms in total. The molecule has 0 unspecified atom stereocenters. The van der Waals surface area contributed by atoms with Crippen molar-refractivity contribution in [3.63, 3.8) is 0 Å². The van der Waals surface area contributed by atoms with Gasteiger partial charge in [0, 0.05) is 6.07 Å². The van der Waals surface area contributed by atoms with E-state index in [-0.39, 0.29) is 4.90 Å². The molecule has 0 aliphatic carbocycles. The second-order valence-corrected chi connectivity index (χ2v) is 7.75. The van der Waals surface area contributed by atoms with Gasteiger partial charge < -0.3 is 4.74 Å². The molecule has 2 aromatic carbocycles. The molecule has 3 aromatic rings. The number of aromatic nitrogens is 3. The fourth-order valence-electron chi connectivity index (χ4n) is 2.41. The van der Waals surface area contributed by atoms with Crippen molar-refractivity contribution in [2.75, 3.05) is 6.61 Å². The molecule has 8 heteroatoms. The van der Waals surface area contributed by atoms with Gasteiger partial charge in [-0.05, 0) is 30.7 Å². The van der Waals surface area contributed by atoms with Gasteiger partial charge >= 0.3 is 0 Å². The van der Waals surface area contributed by atoms with Crippen molar-refractivity contribution in [1.82, 2.24) is 14.4 Å². The molecule has 0 atom stereocenters. The Hall–Kier alpha value is -2.12. The second kappa shape index (κ2) is 7.41. The van der Waals surface area contributed by atoms with E-state index in [9.17, 15) is 8.42 Å². The molecule has 0 aliphatic heterocycles. The van der Waals surface area contributed by atoms with Crippen LogP contribution in [0.15, 0.2) is 47.4 Å². The van der Waals surface area contributed by atoms with Gasteiger partial charge in [0.1, 0.15) is 16.8 Å². The molecule has 0 saturated carbocycles. The fraction of sp³-hybridized carbons (Fsp3) is 0.294. The number of unbranched alkanes of at least 4 members (excludes halogenated alkanes) is 2. The van der Waals surface area contributed by atoms with E-state index in [0.29, 0.717) is 28.4 Å². The van der Waals surface area contributed by atoms with Gasteiger partial charge in [-0.1, -0.05) is 48.7 Å². The lowest BCUT2D eigenvalue weighted by Gasteiger charge is -2.10. The van der Waals surface area contributed by atoms with Crippen molar-refractivity contribution in [2.24, 2.45) is 0 Å². The van der Waals surface area contributed by atoms with Gasteiger partial charge in [0.2, 0.25) is 0 Å². The van der Waals surface area contributed by atoms with Crippen molar-refractivity contribution >= 4 is 32.7 Å². The van der Waals surface area contributed by atoms with Crippen LogP contribution in [-0.2, 0) is 10.0 Å². The van der Waals surface area contributed by atoms with Crippen molar-refractivity contribution in [3.05, 3.63) is 47.5 Å². The van der Waals surface area contributed by atoms with Crippen molar-refractivity contribution < 1.29 is 13.2 Å². The number of nitrogens with zero attached hydrogens (tertiary/aromatic N) is 3. The number of ether oxygens (including phenoxy) is 1. The van der Waals surface area contributed by atoms with Crippen LogP contribution in [0, 0.1) is 0 Å². The van der Waals surface area contributed by atoms with Crippen LogP contribution < -0.4 is 4.74 Å². The number of benzene rings is 2. The number of fused-ring (bicyclic) bond motifs is 1. The Bertz CT molecular complexity index is 986. The van der Waals surface area contributed by atoms with E-state index in [4.69, 9.17) is 16.3 Å². The summed E-state index contributed by atoms with van der Waals surface area (Å²) >= 11 is 6.12. The normalized spacial score (nSPS) is 11.8. The third kappa shape index (κ3) is 3.62. The van der Waals surface area contributed by atoms with Gasteiger partial charge in [0.05, 0.1) is 16.5 Å². The van der Waals surface area contributed by atoms with E-state index in [0.717, 1.165) is 23.3 Å². The summed E-state index contributed by atoms with van der Waals surface area (Å²) in [5.74, 6) is 0.350. The van der Waals surface area contributed by atoms with Crippen LogP contribution in [0.5, 0.6) is 5.75 Å². The van der Waals surface area contributed by atoms with Crippen LogP contribution in [0.2, 0.25) is 5.02 Å². The predicted octanol–water partition coefficient (Wildman–Crippen LogP) is 3.89. The standard InChI is InChI=1S/C17H18ClN3O3S/c1-2-3-6-11-24-17-12-13(9-10-14(17)18)25(22,23)21-16-8-5-4-7-15(16)19-20-21/h4-5,7-10,12H,2-3,6,11H2,1H3. The third-order valence-corrected chi connectivity index (χ3v) is 5.64. The third-order valence-electron chi connectivity index (χ3n) is 3.76. The van der Waals surface area contributed by atoms with E-state index >= 15 is 0 Å². The average molecular weight is 380 g/mol. The molecule has 1 heterocycles. The molecule has 25 heavy (non-hydrogen) atoms. The summed E-state index contributed by atoms with van der Waals surface area (Å²) in [6.45, 7) is 2.59. The molecule has 3 rings (SSSR count). The highest BCUT2D eigenvalue weighted by atomic mass is 35.5. The molecule has 0 bridgehead atoms. The number of hydrogen-bond acceptors (Lipinski definition) is 5. The van der Waals surface area contributed by atoms with E-state index in [1.54, 1.807) is 24.3 Å². The number of rotatable bonds is 7. The molecular weight excluding hydrogens is 362 g/mol. The van der Waals surface area contributed by atoms with Gasteiger partial charge in [0.25, 0.3) is 10.0 Å². The minimum Gasteiger partial charge on any atom is -0.492 e. The number of hydrogen-bond donors (Lipinski definition) is 0. The molecule has 0 fully saturated rings. The zero-order chi connectivity index (χ0) is 17.9. The van der Waals surface area contributed by atoms with E-state index < -0.39 is 10.0 Å². The fourth-order valence-corrected chi connectivity index (χ4v) is 3.83. The van der Waals surface area contributed by atoms with Gasteiger partial charge in [-0.2, -0.15) is 8.42 Å². The number of halogens is 1. The summed E-state index contributed by atoms with van der Waals surface area (Å²) in [5.41, 5.74) is 0.930. The van der Waals surface area contributed by atoms with Crippen molar-refractivity contribution in [2.45, 2.75) is 31.1 Å². The molecule has 0 aliphatic rings. The number of para-hydroxylation sites is 1. The molecule has 0 N–H and O–H groups in total. The van der Waals surface area contributed by atoms with Gasteiger partial charge in [-0.25, -0.2) is 0 Å². The lowest BCUT2D eigenvalue weighted by Crippen LogP contribution is -2.15. The summed E-state index contributed by atoms with van der Waals surface area (Å²) in [5, 5.41) is 8.06. The molecule has 0 amide bonds. The maximum absolute atomic E-state index is 12.9. The Morgan fingerprint density at radius 2 is 1.96 bits per heavy atom. The highest BCUT2D eigenvalue weighted by Gasteiger charge is 2.22. The Balaban J connectivity index is 1.95. The van der Waals surface area contributed by atoms with Gasteiger partial charge in [-0.3, -0.25) is 0 Å². The van der Waals surface area contributed by atoms with Crippen LogP contribution in [0.3, 0.4) is 0 Å². The highest BCUT2D eigenvalue weighted by Crippen LogP contribution is 2.29. The first-order valence-electron chi connectivity index (χ1n) is 8.02. The lowest BCUT2D eigenvalue weighted by atomic mass is 10.3. The van der Waals surface area contributed by atoms with Crippen LogP contribution >= 0.6 is 11.6 Å². The molecule has 132 valence electrons. The second-order valence-electron chi connectivity index (χ2n) is 5.57. The summed E-state index contributed by atoms with van der Waals surface area (Å²) in [6, 6.07) is 11.3. The van der Waals surface area contributed by atoms with Crippen LogP contribution in [0.1, 0.15) is 26.2 Å². The maximum atomic E-state index is 12.9. The zero-order valence-corrected chi connectivity index (χ0v) is 15.3. The predicted molar refractivity (Wildman–Crippen MR) is 96.6 cm³/mol. The highest BCUT2D eigenvalue weighted by molar-refractivity contribution is 7.90. The first-order valence-corrected chi connectivity index (χ1v) is 9.84. The Morgan fingerprint density at radius 3 is 2.76 bits per heavy atom. The lowest BCUT2D eigenvalue weighted by molar-refractivity contribution is 0.305. The van der Waals surface area contributed by atoms with Crippen molar-refractivity contribution in [3.8, 4) is 5.75 Å². The maximum Gasteiger partial charge on any atom is 0.285 e. The monoisotopic (exact) mass is 379 g/mol. The molecular formula is C17H18ClN3O3S. The first-order chi connectivity index (χ1) is 12.0. The zero-order valence-electron chi connectivity index (χ0n) is 13.7. The van der Waals surface area contributed by atoms with Crippen LogP contribution in [0.25, 0.3) is 11.0 Å². The van der Waals surface area contributed by atoms with Gasteiger partial charge in [-0.15, -0.1) is 9.19 Å². The summed E-state index contributed by atoms with van der Waals surface area (Å²) in [7, 11) is -3.89. The van der Waals surface area contributed by atoms with Crippen molar-refractivity contribution in [1.29, 1.82) is 0 Å². The SMILES string of the molecule is CCCCCOc1cc(S(=O)(=O)n2nnc3ccccc32)ccc1Cl. The quantitative estimate of drug-likeness (QED) is 0.582. The molecule has 1 aromatic heterocycles. The molecule has 0 radical (unpaired) electrons. The van der Waals surface area contributed by atoms with E-state index in [2.05, 4.69) is 17.2 Å². The summed E-state index contributed by atoms with van der Waals surface area (Å²) < 4.78 is 32.4. The Labute approximate surface area is 151 Å². The molecule has 0 spiro atoms.